The minimum absolute atomic E-state index is 0.0864. The monoisotopic (exact) mass is 148 g/mol. The van der Waals surface area contributed by atoms with E-state index in [0.717, 1.165) is 6.42 Å². The van der Waals surface area contributed by atoms with Crippen molar-refractivity contribution in [2.24, 2.45) is 11.5 Å². The number of rotatable bonds is 2. The first-order valence-corrected chi connectivity index (χ1v) is 3.34. The molecule has 0 heterocycles. The number of allylic oxidation sites excluding steroid dienone is 1. The number of hydrogen-bond donors (Lipinski definition) is 2. The van der Waals surface area contributed by atoms with Crippen LogP contribution in [-0.4, -0.2) is 6.04 Å². The smallest absolute Gasteiger partial charge is 0.0532 e. The largest absolute Gasteiger partial charge is 0.401 e. The fourth-order valence-corrected chi connectivity index (χ4v) is 0.626. The van der Waals surface area contributed by atoms with Gasteiger partial charge < -0.3 is 11.5 Å². The summed E-state index contributed by atoms with van der Waals surface area (Å²) in [5, 5.41) is 0.581. The SMILES string of the molecule is CCC(N)/C(Cl)=C(/C)N. The molecule has 0 aromatic heterocycles. The molecule has 0 aromatic carbocycles. The summed E-state index contributed by atoms with van der Waals surface area (Å²) in [6, 6.07) is -0.0864. The van der Waals surface area contributed by atoms with E-state index in [2.05, 4.69) is 0 Å². The molecule has 0 bridgehead atoms. The molecule has 1 unspecified atom stereocenters. The first kappa shape index (κ1) is 8.79. The van der Waals surface area contributed by atoms with Crippen molar-refractivity contribution in [3.63, 3.8) is 0 Å². The van der Waals surface area contributed by atoms with Crippen LogP contribution in [0.4, 0.5) is 0 Å². The Kier molecular flexibility index (Phi) is 3.66. The van der Waals surface area contributed by atoms with Crippen LogP contribution < -0.4 is 11.5 Å². The molecule has 1 atom stereocenters. The maximum atomic E-state index is 5.70. The Bertz CT molecular complexity index is 116. The van der Waals surface area contributed by atoms with Crippen molar-refractivity contribution < 1.29 is 0 Å². The van der Waals surface area contributed by atoms with E-state index in [1.165, 1.54) is 0 Å². The maximum absolute atomic E-state index is 5.70. The molecular formula is C6H13ClN2. The third-order valence-corrected chi connectivity index (χ3v) is 1.72. The zero-order valence-corrected chi connectivity index (χ0v) is 6.57. The molecule has 0 spiro atoms. The second kappa shape index (κ2) is 3.75. The summed E-state index contributed by atoms with van der Waals surface area (Å²) in [4.78, 5) is 0. The molecule has 0 aliphatic heterocycles. The van der Waals surface area contributed by atoms with Crippen LogP contribution in [0, 0.1) is 0 Å². The Morgan fingerprint density at radius 1 is 1.67 bits per heavy atom. The lowest BCUT2D eigenvalue weighted by Gasteiger charge is -2.07. The van der Waals surface area contributed by atoms with Gasteiger partial charge in [-0.3, -0.25) is 0 Å². The summed E-state index contributed by atoms with van der Waals surface area (Å²) in [5.74, 6) is 0. The van der Waals surface area contributed by atoms with E-state index in [9.17, 15) is 0 Å². The van der Waals surface area contributed by atoms with Crippen molar-refractivity contribution in [3.8, 4) is 0 Å². The predicted molar refractivity (Wildman–Crippen MR) is 41.0 cm³/mol. The average Bonchev–Trinajstić information content (AvgIpc) is 1.84. The van der Waals surface area contributed by atoms with Crippen molar-refractivity contribution in [3.05, 3.63) is 10.7 Å². The van der Waals surface area contributed by atoms with Gasteiger partial charge in [-0.15, -0.1) is 0 Å². The lowest BCUT2D eigenvalue weighted by atomic mass is 10.2. The minimum Gasteiger partial charge on any atom is -0.401 e. The lowest BCUT2D eigenvalue weighted by molar-refractivity contribution is 0.761. The highest BCUT2D eigenvalue weighted by Crippen LogP contribution is 2.10. The molecule has 0 amide bonds. The molecule has 0 radical (unpaired) electrons. The van der Waals surface area contributed by atoms with Crippen molar-refractivity contribution >= 4 is 11.6 Å². The third-order valence-electron chi connectivity index (χ3n) is 1.14. The van der Waals surface area contributed by atoms with E-state index < -0.39 is 0 Å². The standard InChI is InChI=1S/C6H13ClN2/c1-3-5(9)6(7)4(2)8/h5H,3,8-9H2,1-2H3/b6-4+. The molecule has 0 saturated carbocycles. The van der Waals surface area contributed by atoms with E-state index in [0.29, 0.717) is 10.7 Å². The molecule has 4 N–H and O–H groups in total. The maximum Gasteiger partial charge on any atom is 0.0532 e. The van der Waals surface area contributed by atoms with E-state index >= 15 is 0 Å². The van der Waals surface area contributed by atoms with Crippen LogP contribution in [-0.2, 0) is 0 Å². The molecule has 0 aliphatic rings. The highest BCUT2D eigenvalue weighted by molar-refractivity contribution is 6.30. The number of hydrogen-bond acceptors (Lipinski definition) is 2. The summed E-state index contributed by atoms with van der Waals surface area (Å²) in [6.45, 7) is 3.72. The van der Waals surface area contributed by atoms with Crippen LogP contribution in [0.15, 0.2) is 10.7 Å². The topological polar surface area (TPSA) is 52.0 Å². The highest BCUT2D eigenvalue weighted by atomic mass is 35.5. The van der Waals surface area contributed by atoms with E-state index in [4.69, 9.17) is 23.1 Å². The van der Waals surface area contributed by atoms with Gasteiger partial charge in [-0.25, -0.2) is 0 Å². The lowest BCUT2D eigenvalue weighted by Crippen LogP contribution is -2.21. The van der Waals surface area contributed by atoms with Gasteiger partial charge in [0.2, 0.25) is 0 Å². The summed E-state index contributed by atoms with van der Waals surface area (Å²) < 4.78 is 0. The summed E-state index contributed by atoms with van der Waals surface area (Å²) >= 11 is 5.70. The molecule has 0 rings (SSSR count). The third kappa shape index (κ3) is 2.72. The molecule has 0 saturated heterocycles. The Hall–Kier alpha value is -0.210. The van der Waals surface area contributed by atoms with Crippen molar-refractivity contribution in [1.82, 2.24) is 0 Å². The van der Waals surface area contributed by atoms with E-state index in [1.807, 2.05) is 6.92 Å². The second-order valence-corrected chi connectivity index (χ2v) is 2.45. The van der Waals surface area contributed by atoms with Gasteiger partial charge in [-0.2, -0.15) is 0 Å². The zero-order valence-electron chi connectivity index (χ0n) is 5.82. The molecule has 0 fully saturated rings. The normalized spacial score (nSPS) is 16.9. The van der Waals surface area contributed by atoms with Crippen molar-refractivity contribution in [2.45, 2.75) is 26.3 Å². The van der Waals surface area contributed by atoms with Gasteiger partial charge in [0.05, 0.1) is 5.03 Å². The second-order valence-electron chi connectivity index (χ2n) is 2.05. The van der Waals surface area contributed by atoms with Crippen LogP contribution >= 0.6 is 11.6 Å². The van der Waals surface area contributed by atoms with Crippen LogP contribution in [0.2, 0.25) is 0 Å². The predicted octanol–water partition coefficient (Wildman–Crippen LogP) is 1.15. The first-order chi connectivity index (χ1) is 4.09. The quantitative estimate of drug-likeness (QED) is 0.618. The number of nitrogens with two attached hydrogens (primary N) is 2. The van der Waals surface area contributed by atoms with Crippen LogP contribution in [0.5, 0.6) is 0 Å². The van der Waals surface area contributed by atoms with Gasteiger partial charge in [0.15, 0.2) is 0 Å². The molecular weight excluding hydrogens is 136 g/mol. The van der Waals surface area contributed by atoms with Crippen LogP contribution in [0.3, 0.4) is 0 Å². The molecule has 9 heavy (non-hydrogen) atoms. The van der Waals surface area contributed by atoms with E-state index in [1.54, 1.807) is 6.92 Å². The van der Waals surface area contributed by atoms with Gasteiger partial charge in [-0.1, -0.05) is 18.5 Å². The molecule has 54 valence electrons. The Morgan fingerprint density at radius 3 is 2.22 bits per heavy atom. The van der Waals surface area contributed by atoms with Gasteiger partial charge in [0, 0.05) is 11.7 Å². The molecule has 0 aromatic rings. The summed E-state index contributed by atoms with van der Waals surface area (Å²) in [7, 11) is 0. The van der Waals surface area contributed by atoms with Gasteiger partial charge in [0.1, 0.15) is 0 Å². The summed E-state index contributed by atoms with van der Waals surface area (Å²) in [5.41, 5.74) is 11.5. The Balaban J connectivity index is 4.02. The van der Waals surface area contributed by atoms with Crippen molar-refractivity contribution in [2.75, 3.05) is 0 Å². The number of halogens is 1. The van der Waals surface area contributed by atoms with Crippen LogP contribution in [0.25, 0.3) is 0 Å². The highest BCUT2D eigenvalue weighted by Gasteiger charge is 2.04. The Labute approximate surface area is 60.9 Å². The summed E-state index contributed by atoms with van der Waals surface area (Å²) in [6.07, 6.45) is 0.827. The van der Waals surface area contributed by atoms with Gasteiger partial charge in [0.25, 0.3) is 0 Å². The molecule has 0 aliphatic carbocycles. The first-order valence-electron chi connectivity index (χ1n) is 2.97. The fraction of sp³-hybridized carbons (Fsp3) is 0.667. The van der Waals surface area contributed by atoms with Crippen molar-refractivity contribution in [1.29, 1.82) is 0 Å². The average molecular weight is 149 g/mol. The molecule has 2 nitrogen and oxygen atoms in total. The Morgan fingerprint density at radius 2 is 2.11 bits per heavy atom. The van der Waals surface area contributed by atoms with Crippen LogP contribution in [0.1, 0.15) is 20.3 Å². The minimum atomic E-state index is -0.0864. The van der Waals surface area contributed by atoms with Gasteiger partial charge in [-0.05, 0) is 13.3 Å². The molecule has 3 heteroatoms. The van der Waals surface area contributed by atoms with Gasteiger partial charge >= 0.3 is 0 Å². The fourth-order valence-electron chi connectivity index (χ4n) is 0.472. The zero-order chi connectivity index (χ0) is 7.44. The van der Waals surface area contributed by atoms with E-state index in [-0.39, 0.29) is 6.04 Å².